The van der Waals surface area contributed by atoms with E-state index in [9.17, 15) is 9.18 Å². The Morgan fingerprint density at radius 3 is 2.56 bits per heavy atom. The van der Waals surface area contributed by atoms with Crippen LogP contribution in [0.3, 0.4) is 0 Å². The van der Waals surface area contributed by atoms with Gasteiger partial charge < -0.3 is 5.32 Å². The minimum Gasteiger partial charge on any atom is -0.305 e. The number of carbonyl (C=O) groups excluding carboxylic acids is 1. The smallest absolute Gasteiger partial charge is 0.256 e. The van der Waals surface area contributed by atoms with Gasteiger partial charge in [0.2, 0.25) is 0 Å². The van der Waals surface area contributed by atoms with Crippen molar-refractivity contribution >= 4 is 11.7 Å². The van der Waals surface area contributed by atoms with Gasteiger partial charge in [-0.1, -0.05) is 13.8 Å². The lowest BCUT2D eigenvalue weighted by atomic mass is 10.1. The van der Waals surface area contributed by atoms with E-state index < -0.39 is 0 Å². The van der Waals surface area contributed by atoms with Crippen molar-refractivity contribution in [3.63, 3.8) is 0 Å². The molecule has 5 heteroatoms. The molecule has 0 aliphatic heterocycles. The van der Waals surface area contributed by atoms with Crippen LogP contribution in [0, 0.1) is 5.82 Å². The molecule has 2 aromatic rings. The van der Waals surface area contributed by atoms with Crippen LogP contribution in [-0.2, 0) is 0 Å². The Kier molecular flexibility index (Phi) is 3.41. The fourth-order valence-corrected chi connectivity index (χ4v) is 1.49. The van der Waals surface area contributed by atoms with Gasteiger partial charge in [0.1, 0.15) is 5.82 Å². The van der Waals surface area contributed by atoms with E-state index in [0.717, 1.165) is 5.69 Å². The first-order valence-electron chi connectivity index (χ1n) is 5.68. The molecule has 0 atom stereocenters. The third-order valence-corrected chi connectivity index (χ3v) is 2.57. The highest BCUT2D eigenvalue weighted by atomic mass is 19.1. The van der Waals surface area contributed by atoms with Gasteiger partial charge >= 0.3 is 0 Å². The maximum absolute atomic E-state index is 12.7. The maximum atomic E-state index is 12.7. The molecule has 0 radical (unpaired) electrons. The molecular weight excluding hydrogens is 233 g/mol. The van der Waals surface area contributed by atoms with Gasteiger partial charge in [0.25, 0.3) is 5.91 Å². The molecule has 0 fully saturated rings. The molecule has 0 saturated carbocycles. The number of aromatic amines is 1. The zero-order valence-corrected chi connectivity index (χ0v) is 10.2. The third kappa shape index (κ3) is 2.74. The van der Waals surface area contributed by atoms with Crippen molar-refractivity contribution in [3.05, 3.63) is 47.4 Å². The molecular formula is C13H14FN3O. The lowest BCUT2D eigenvalue weighted by Gasteiger charge is -2.01. The summed E-state index contributed by atoms with van der Waals surface area (Å²) >= 11 is 0. The topological polar surface area (TPSA) is 57.8 Å². The zero-order valence-electron chi connectivity index (χ0n) is 10.2. The predicted molar refractivity (Wildman–Crippen MR) is 67.0 cm³/mol. The van der Waals surface area contributed by atoms with Crippen molar-refractivity contribution in [3.8, 4) is 0 Å². The van der Waals surface area contributed by atoms with Crippen LogP contribution in [0.1, 0.15) is 35.8 Å². The lowest BCUT2D eigenvalue weighted by molar-refractivity contribution is 0.102. The van der Waals surface area contributed by atoms with E-state index in [1.165, 1.54) is 24.3 Å². The highest BCUT2D eigenvalue weighted by Crippen LogP contribution is 2.15. The van der Waals surface area contributed by atoms with Crippen molar-refractivity contribution in [1.29, 1.82) is 0 Å². The third-order valence-electron chi connectivity index (χ3n) is 2.57. The van der Waals surface area contributed by atoms with E-state index >= 15 is 0 Å². The van der Waals surface area contributed by atoms with Crippen LogP contribution in [0.2, 0.25) is 0 Å². The molecule has 0 aliphatic rings. The van der Waals surface area contributed by atoms with Crippen LogP contribution in [0.4, 0.5) is 10.2 Å². The first-order valence-corrected chi connectivity index (χ1v) is 5.68. The van der Waals surface area contributed by atoms with E-state index in [1.807, 2.05) is 13.8 Å². The molecule has 0 aliphatic carbocycles. The Bertz CT molecular complexity index is 546. The molecule has 1 aromatic carbocycles. The molecule has 1 heterocycles. The second-order valence-electron chi connectivity index (χ2n) is 4.32. The van der Waals surface area contributed by atoms with Crippen LogP contribution < -0.4 is 5.32 Å². The van der Waals surface area contributed by atoms with E-state index in [1.54, 1.807) is 6.07 Å². The number of hydrogen-bond donors (Lipinski definition) is 2. The van der Waals surface area contributed by atoms with E-state index in [2.05, 4.69) is 15.5 Å². The summed E-state index contributed by atoms with van der Waals surface area (Å²) < 4.78 is 12.7. The fraction of sp³-hybridized carbons (Fsp3) is 0.231. The largest absolute Gasteiger partial charge is 0.305 e. The van der Waals surface area contributed by atoms with Crippen LogP contribution in [0.5, 0.6) is 0 Å². The molecule has 0 spiro atoms. The Balaban J connectivity index is 2.08. The Morgan fingerprint density at radius 1 is 1.33 bits per heavy atom. The number of nitrogens with zero attached hydrogens (tertiary/aromatic N) is 1. The highest BCUT2D eigenvalue weighted by molar-refractivity contribution is 6.03. The minimum absolute atomic E-state index is 0.309. The molecule has 1 amide bonds. The number of amides is 1. The average molecular weight is 247 g/mol. The highest BCUT2D eigenvalue weighted by Gasteiger charge is 2.09. The molecule has 2 rings (SSSR count). The maximum Gasteiger partial charge on any atom is 0.256 e. The average Bonchev–Trinajstić information content (AvgIpc) is 2.78. The Hall–Kier alpha value is -2.17. The van der Waals surface area contributed by atoms with Crippen molar-refractivity contribution in [2.75, 3.05) is 5.32 Å². The van der Waals surface area contributed by atoms with Crippen molar-refractivity contribution in [1.82, 2.24) is 10.2 Å². The molecule has 4 nitrogen and oxygen atoms in total. The second kappa shape index (κ2) is 5.00. The first-order chi connectivity index (χ1) is 8.56. The van der Waals surface area contributed by atoms with Gasteiger partial charge in [-0.15, -0.1) is 0 Å². The van der Waals surface area contributed by atoms with Crippen molar-refractivity contribution < 1.29 is 9.18 Å². The number of rotatable bonds is 3. The van der Waals surface area contributed by atoms with Gasteiger partial charge in [-0.05, 0) is 30.2 Å². The summed E-state index contributed by atoms with van der Waals surface area (Å²) in [6.45, 7) is 4.05. The number of carbonyl (C=O) groups is 1. The minimum atomic E-state index is -0.367. The number of benzene rings is 1. The van der Waals surface area contributed by atoms with Crippen LogP contribution >= 0.6 is 0 Å². The number of aromatic nitrogens is 2. The summed E-state index contributed by atoms with van der Waals surface area (Å²) in [5.74, 6) is 0.104. The summed E-state index contributed by atoms with van der Waals surface area (Å²) in [7, 11) is 0. The summed E-state index contributed by atoms with van der Waals surface area (Å²) in [4.78, 5) is 11.8. The van der Waals surface area contributed by atoms with Gasteiger partial charge in [-0.3, -0.25) is 9.89 Å². The van der Waals surface area contributed by atoms with E-state index in [4.69, 9.17) is 0 Å². The summed E-state index contributed by atoms with van der Waals surface area (Å²) in [6.07, 6.45) is 0. The van der Waals surface area contributed by atoms with Crippen LogP contribution in [-0.4, -0.2) is 16.1 Å². The first kappa shape index (κ1) is 12.3. The van der Waals surface area contributed by atoms with Gasteiger partial charge in [0, 0.05) is 17.3 Å². The van der Waals surface area contributed by atoms with Crippen LogP contribution in [0.25, 0.3) is 0 Å². The van der Waals surface area contributed by atoms with Crippen molar-refractivity contribution in [2.24, 2.45) is 0 Å². The summed E-state index contributed by atoms with van der Waals surface area (Å²) in [5, 5.41) is 9.49. The SMILES string of the molecule is CC(C)c1cc(NC(=O)c2ccc(F)cc2)n[nH]1. The summed E-state index contributed by atoms with van der Waals surface area (Å²) in [6, 6.07) is 7.14. The Labute approximate surface area is 104 Å². The van der Waals surface area contributed by atoms with E-state index in [0.29, 0.717) is 17.3 Å². The van der Waals surface area contributed by atoms with E-state index in [-0.39, 0.29) is 11.7 Å². The zero-order chi connectivity index (χ0) is 13.1. The fourth-order valence-electron chi connectivity index (χ4n) is 1.49. The van der Waals surface area contributed by atoms with Gasteiger partial charge in [-0.25, -0.2) is 4.39 Å². The molecule has 0 saturated heterocycles. The number of anilines is 1. The molecule has 18 heavy (non-hydrogen) atoms. The quantitative estimate of drug-likeness (QED) is 0.876. The summed E-state index contributed by atoms with van der Waals surface area (Å²) in [5.41, 5.74) is 1.34. The predicted octanol–water partition coefficient (Wildman–Crippen LogP) is 2.92. The normalized spacial score (nSPS) is 10.7. The number of hydrogen-bond acceptors (Lipinski definition) is 2. The molecule has 1 aromatic heterocycles. The van der Waals surface area contributed by atoms with Gasteiger partial charge in [-0.2, -0.15) is 5.10 Å². The standard InChI is InChI=1S/C13H14FN3O/c1-8(2)11-7-12(17-16-11)15-13(18)9-3-5-10(14)6-4-9/h3-8H,1-2H3,(H2,15,16,17,18). The Morgan fingerprint density at radius 2 is 2.00 bits per heavy atom. The molecule has 0 bridgehead atoms. The van der Waals surface area contributed by atoms with Crippen LogP contribution in [0.15, 0.2) is 30.3 Å². The van der Waals surface area contributed by atoms with Gasteiger partial charge in [0.05, 0.1) is 0 Å². The number of halogens is 1. The molecule has 0 unspecified atom stereocenters. The molecule has 2 N–H and O–H groups in total. The van der Waals surface area contributed by atoms with Crippen molar-refractivity contribution in [2.45, 2.75) is 19.8 Å². The molecule has 94 valence electrons. The second-order valence-corrected chi connectivity index (χ2v) is 4.32. The monoisotopic (exact) mass is 247 g/mol. The number of H-pyrrole nitrogens is 1. The lowest BCUT2D eigenvalue weighted by Crippen LogP contribution is -2.12. The van der Waals surface area contributed by atoms with Gasteiger partial charge in [0.15, 0.2) is 5.82 Å². The number of nitrogens with one attached hydrogen (secondary N) is 2.